The van der Waals surface area contributed by atoms with Gasteiger partial charge in [0.2, 0.25) is 0 Å². The van der Waals surface area contributed by atoms with Crippen LogP contribution in [0.2, 0.25) is 0 Å². The van der Waals surface area contributed by atoms with Gasteiger partial charge in [0.15, 0.2) is 0 Å². The van der Waals surface area contributed by atoms with Crippen LogP contribution >= 0.6 is 0 Å². The van der Waals surface area contributed by atoms with Gasteiger partial charge in [-0.05, 0) is 39.7 Å². The maximum absolute atomic E-state index is 6.07. The molecule has 0 spiro atoms. The van der Waals surface area contributed by atoms with Gasteiger partial charge in [0.25, 0.3) is 0 Å². The third kappa shape index (κ3) is 5.09. The van der Waals surface area contributed by atoms with Gasteiger partial charge in [0, 0.05) is 17.6 Å². The third-order valence-electron chi connectivity index (χ3n) is 2.99. The molecule has 0 amide bonds. The molecule has 0 aliphatic heterocycles. The highest BCUT2D eigenvalue weighted by Gasteiger charge is 2.12. The normalized spacial score (nSPS) is 11.9. The zero-order valence-electron chi connectivity index (χ0n) is 12.4. The van der Waals surface area contributed by atoms with Crippen molar-refractivity contribution in [3.63, 3.8) is 0 Å². The van der Waals surface area contributed by atoms with Gasteiger partial charge in [-0.3, -0.25) is 0 Å². The van der Waals surface area contributed by atoms with Gasteiger partial charge in [-0.25, -0.2) is 0 Å². The average molecular weight is 249 g/mol. The molecule has 0 saturated heterocycles. The lowest BCUT2D eigenvalue weighted by atomic mass is 10.1. The summed E-state index contributed by atoms with van der Waals surface area (Å²) in [5.41, 5.74) is 1.36. The first-order chi connectivity index (χ1) is 8.46. The molecule has 0 heterocycles. The maximum Gasteiger partial charge on any atom is 0.124 e. The van der Waals surface area contributed by atoms with Crippen molar-refractivity contribution in [2.24, 2.45) is 0 Å². The van der Waals surface area contributed by atoms with Crippen LogP contribution in [0, 0.1) is 0 Å². The molecule has 0 aliphatic carbocycles. The van der Waals surface area contributed by atoms with Crippen LogP contribution in [-0.4, -0.2) is 11.6 Å². The molecular weight excluding hydrogens is 222 g/mol. The molecule has 2 nitrogen and oxygen atoms in total. The van der Waals surface area contributed by atoms with E-state index in [2.05, 4.69) is 58.1 Å². The fourth-order valence-electron chi connectivity index (χ4n) is 1.76. The smallest absolute Gasteiger partial charge is 0.124 e. The summed E-state index contributed by atoms with van der Waals surface area (Å²) in [5.74, 6) is 1.02. The Morgan fingerprint density at radius 3 is 2.28 bits per heavy atom. The van der Waals surface area contributed by atoms with Crippen LogP contribution in [0.4, 0.5) is 0 Å². The molecule has 0 radical (unpaired) electrons. The van der Waals surface area contributed by atoms with Crippen molar-refractivity contribution in [2.45, 2.75) is 65.6 Å². The molecule has 1 N–H and O–H groups in total. The minimum atomic E-state index is 0.127. The molecular formula is C16H27NO. The molecule has 0 atom stereocenters. The summed E-state index contributed by atoms with van der Waals surface area (Å²) < 4.78 is 6.07. The molecule has 0 aromatic heterocycles. The van der Waals surface area contributed by atoms with E-state index in [1.807, 2.05) is 6.07 Å². The maximum atomic E-state index is 6.07. The lowest BCUT2D eigenvalue weighted by Crippen LogP contribution is -2.35. The second-order valence-electron chi connectivity index (χ2n) is 5.77. The van der Waals surface area contributed by atoms with Crippen LogP contribution in [-0.2, 0) is 6.54 Å². The molecule has 102 valence electrons. The van der Waals surface area contributed by atoms with E-state index in [-0.39, 0.29) is 5.54 Å². The highest BCUT2D eigenvalue weighted by molar-refractivity contribution is 5.33. The molecule has 1 aromatic rings. The van der Waals surface area contributed by atoms with Crippen molar-refractivity contribution in [1.29, 1.82) is 0 Å². The van der Waals surface area contributed by atoms with Gasteiger partial charge in [0.05, 0.1) is 6.10 Å². The first-order valence-corrected chi connectivity index (χ1v) is 6.95. The Morgan fingerprint density at radius 2 is 1.72 bits per heavy atom. The van der Waals surface area contributed by atoms with E-state index in [0.717, 1.165) is 25.1 Å². The zero-order valence-corrected chi connectivity index (χ0v) is 12.4. The highest BCUT2D eigenvalue weighted by Crippen LogP contribution is 2.21. The van der Waals surface area contributed by atoms with Crippen LogP contribution in [0.3, 0.4) is 0 Å². The van der Waals surface area contributed by atoms with Crippen LogP contribution in [0.5, 0.6) is 5.75 Å². The van der Waals surface area contributed by atoms with Gasteiger partial charge < -0.3 is 10.1 Å². The van der Waals surface area contributed by atoms with Crippen molar-refractivity contribution in [1.82, 2.24) is 5.32 Å². The number of ether oxygens (including phenoxy) is 1. The summed E-state index contributed by atoms with van der Waals surface area (Å²) in [7, 11) is 0. The van der Waals surface area contributed by atoms with E-state index in [4.69, 9.17) is 4.74 Å². The zero-order chi connectivity index (χ0) is 13.6. The van der Waals surface area contributed by atoms with E-state index < -0.39 is 0 Å². The van der Waals surface area contributed by atoms with Crippen molar-refractivity contribution < 1.29 is 4.74 Å². The predicted molar refractivity (Wildman–Crippen MR) is 78.0 cm³/mol. The van der Waals surface area contributed by atoms with E-state index in [1.165, 1.54) is 5.56 Å². The summed E-state index contributed by atoms with van der Waals surface area (Å²) in [6.07, 6.45) is 2.43. The van der Waals surface area contributed by atoms with E-state index >= 15 is 0 Å². The Balaban J connectivity index is 2.73. The van der Waals surface area contributed by atoms with Crippen LogP contribution in [0.1, 0.15) is 53.0 Å². The van der Waals surface area contributed by atoms with E-state index in [0.29, 0.717) is 6.10 Å². The molecule has 2 heteroatoms. The fourth-order valence-corrected chi connectivity index (χ4v) is 1.76. The van der Waals surface area contributed by atoms with Gasteiger partial charge in [-0.2, -0.15) is 0 Å². The molecule has 1 rings (SSSR count). The standard InChI is InChI=1S/C16H27NO/c1-6-14(7-2)18-15-11-9-8-10-13(15)12-17-16(3,4)5/h8-11,14,17H,6-7,12H2,1-5H3. The van der Waals surface area contributed by atoms with Crippen molar-refractivity contribution in [3.8, 4) is 5.75 Å². The fraction of sp³-hybridized carbons (Fsp3) is 0.625. The largest absolute Gasteiger partial charge is 0.490 e. The summed E-state index contributed by atoms with van der Waals surface area (Å²) in [6.45, 7) is 11.7. The molecule has 0 bridgehead atoms. The minimum Gasteiger partial charge on any atom is -0.490 e. The van der Waals surface area contributed by atoms with Crippen LogP contribution in [0.15, 0.2) is 24.3 Å². The number of hydrogen-bond donors (Lipinski definition) is 1. The van der Waals surface area contributed by atoms with Crippen LogP contribution in [0.25, 0.3) is 0 Å². The van der Waals surface area contributed by atoms with Crippen LogP contribution < -0.4 is 10.1 Å². The number of benzene rings is 1. The van der Waals surface area contributed by atoms with Crippen molar-refractivity contribution in [2.75, 3.05) is 0 Å². The van der Waals surface area contributed by atoms with Gasteiger partial charge in [-0.1, -0.05) is 32.0 Å². The summed E-state index contributed by atoms with van der Waals surface area (Å²) in [5, 5.41) is 3.51. The monoisotopic (exact) mass is 249 g/mol. The quantitative estimate of drug-likeness (QED) is 0.818. The second-order valence-corrected chi connectivity index (χ2v) is 5.77. The number of para-hydroxylation sites is 1. The SMILES string of the molecule is CCC(CC)Oc1ccccc1CNC(C)(C)C. The van der Waals surface area contributed by atoms with Crippen molar-refractivity contribution in [3.05, 3.63) is 29.8 Å². The average Bonchev–Trinajstić information content (AvgIpc) is 2.33. The first-order valence-electron chi connectivity index (χ1n) is 6.95. The number of nitrogens with one attached hydrogen (secondary N) is 1. The minimum absolute atomic E-state index is 0.127. The van der Waals surface area contributed by atoms with Crippen molar-refractivity contribution >= 4 is 0 Å². The second kappa shape index (κ2) is 6.79. The van der Waals surface area contributed by atoms with E-state index in [9.17, 15) is 0 Å². The Labute approximate surface area is 112 Å². The predicted octanol–water partition coefficient (Wildman–Crippen LogP) is 4.14. The molecule has 0 saturated carbocycles. The summed E-state index contributed by atoms with van der Waals surface area (Å²) in [6, 6.07) is 8.31. The first kappa shape index (κ1) is 15.0. The highest BCUT2D eigenvalue weighted by atomic mass is 16.5. The third-order valence-corrected chi connectivity index (χ3v) is 2.99. The van der Waals surface area contributed by atoms with Gasteiger partial charge in [0.1, 0.15) is 5.75 Å². The topological polar surface area (TPSA) is 21.3 Å². The Hall–Kier alpha value is -1.02. The van der Waals surface area contributed by atoms with Gasteiger partial charge >= 0.3 is 0 Å². The van der Waals surface area contributed by atoms with Gasteiger partial charge in [-0.15, -0.1) is 0 Å². The Morgan fingerprint density at radius 1 is 1.11 bits per heavy atom. The van der Waals surface area contributed by atoms with E-state index in [1.54, 1.807) is 0 Å². The summed E-state index contributed by atoms with van der Waals surface area (Å²) in [4.78, 5) is 0. The molecule has 0 aliphatic rings. The number of rotatable bonds is 6. The number of hydrogen-bond acceptors (Lipinski definition) is 2. The Bertz CT molecular complexity index is 350. The Kier molecular flexibility index (Phi) is 5.67. The molecule has 0 fully saturated rings. The summed E-state index contributed by atoms with van der Waals surface area (Å²) >= 11 is 0. The lowest BCUT2D eigenvalue weighted by Gasteiger charge is -2.23. The molecule has 0 unspecified atom stereocenters. The molecule has 1 aromatic carbocycles. The molecule has 18 heavy (non-hydrogen) atoms. The lowest BCUT2D eigenvalue weighted by molar-refractivity contribution is 0.190.